The SMILES string of the molecule is O=C(CSc1nc2ccccc2c(=O)n1-c1ccc(F)cc1)NCCc1ccc(Cl)cc1Cl. The van der Waals surface area contributed by atoms with E-state index in [1.165, 1.54) is 28.8 Å². The number of hydrogen-bond acceptors (Lipinski definition) is 4. The molecule has 3 aromatic carbocycles. The van der Waals surface area contributed by atoms with Gasteiger partial charge in [0.1, 0.15) is 5.82 Å². The second kappa shape index (κ2) is 10.4. The third-order valence-electron chi connectivity index (χ3n) is 4.89. The average molecular weight is 502 g/mol. The Morgan fingerprint density at radius 3 is 2.58 bits per heavy atom. The molecule has 0 aliphatic rings. The lowest BCUT2D eigenvalue weighted by Crippen LogP contribution is -2.28. The lowest BCUT2D eigenvalue weighted by atomic mass is 10.1. The first-order valence-corrected chi connectivity index (χ1v) is 11.8. The number of thioether (sulfide) groups is 1. The summed E-state index contributed by atoms with van der Waals surface area (Å²) in [5, 5.41) is 4.74. The van der Waals surface area contributed by atoms with Crippen LogP contribution < -0.4 is 10.9 Å². The first-order valence-electron chi connectivity index (χ1n) is 10.0. The highest BCUT2D eigenvalue weighted by atomic mass is 35.5. The molecule has 0 saturated carbocycles. The zero-order valence-electron chi connectivity index (χ0n) is 17.2. The molecule has 0 atom stereocenters. The Hall–Kier alpha value is -2.87. The molecule has 4 aromatic rings. The van der Waals surface area contributed by atoms with Gasteiger partial charge in [0.2, 0.25) is 5.91 Å². The number of carbonyl (C=O) groups excluding carboxylic acids is 1. The monoisotopic (exact) mass is 501 g/mol. The Morgan fingerprint density at radius 2 is 1.82 bits per heavy atom. The molecule has 1 amide bonds. The number of para-hydroxylation sites is 1. The summed E-state index contributed by atoms with van der Waals surface area (Å²) in [7, 11) is 0. The fraction of sp³-hybridized carbons (Fsp3) is 0.125. The van der Waals surface area contributed by atoms with Crippen LogP contribution in [0, 0.1) is 5.82 Å². The van der Waals surface area contributed by atoms with Gasteiger partial charge in [-0.3, -0.25) is 14.2 Å². The van der Waals surface area contributed by atoms with E-state index < -0.39 is 5.82 Å². The van der Waals surface area contributed by atoms with Gasteiger partial charge in [0.25, 0.3) is 5.56 Å². The molecular formula is C24H18Cl2FN3O2S. The summed E-state index contributed by atoms with van der Waals surface area (Å²) in [6, 6.07) is 17.8. The molecule has 9 heteroatoms. The Morgan fingerprint density at radius 1 is 1.06 bits per heavy atom. The quantitative estimate of drug-likeness (QED) is 0.276. The maximum atomic E-state index is 13.4. The van der Waals surface area contributed by atoms with Crippen LogP contribution in [-0.4, -0.2) is 27.8 Å². The molecule has 0 aliphatic carbocycles. The third kappa shape index (κ3) is 5.55. The van der Waals surface area contributed by atoms with E-state index in [0.717, 1.165) is 17.3 Å². The van der Waals surface area contributed by atoms with Crippen LogP contribution in [0.3, 0.4) is 0 Å². The first-order chi connectivity index (χ1) is 15.9. The van der Waals surface area contributed by atoms with Gasteiger partial charge in [-0.05, 0) is 60.5 Å². The molecule has 33 heavy (non-hydrogen) atoms. The van der Waals surface area contributed by atoms with E-state index in [0.29, 0.717) is 44.8 Å². The standard InChI is InChI=1S/C24H18Cl2FN3O2S/c25-16-6-5-15(20(26)13-16)11-12-28-22(31)14-33-24-29-21-4-2-1-3-19(21)23(32)30(24)18-9-7-17(27)8-10-18/h1-10,13H,11-12,14H2,(H,28,31). The highest BCUT2D eigenvalue weighted by Crippen LogP contribution is 2.22. The first kappa shape index (κ1) is 23.3. The minimum atomic E-state index is -0.407. The predicted octanol–water partition coefficient (Wildman–Crippen LogP) is 5.28. The molecule has 5 nitrogen and oxygen atoms in total. The van der Waals surface area contributed by atoms with E-state index in [2.05, 4.69) is 10.3 Å². The van der Waals surface area contributed by atoms with E-state index in [9.17, 15) is 14.0 Å². The largest absolute Gasteiger partial charge is 0.355 e. The van der Waals surface area contributed by atoms with Crippen LogP contribution in [0.2, 0.25) is 10.0 Å². The highest BCUT2D eigenvalue weighted by molar-refractivity contribution is 7.99. The molecule has 1 N–H and O–H groups in total. The van der Waals surface area contributed by atoms with Crippen molar-refractivity contribution in [1.82, 2.24) is 14.9 Å². The van der Waals surface area contributed by atoms with Gasteiger partial charge in [0.05, 0.1) is 22.3 Å². The van der Waals surface area contributed by atoms with Crippen LogP contribution in [0.15, 0.2) is 76.7 Å². The lowest BCUT2D eigenvalue weighted by Gasteiger charge is -2.13. The summed E-state index contributed by atoms with van der Waals surface area (Å²) in [6.07, 6.45) is 0.556. The number of amides is 1. The molecule has 4 rings (SSSR count). The van der Waals surface area contributed by atoms with Crippen molar-refractivity contribution in [3.05, 3.63) is 98.5 Å². The fourth-order valence-corrected chi connectivity index (χ4v) is 4.61. The van der Waals surface area contributed by atoms with Gasteiger partial charge in [-0.2, -0.15) is 0 Å². The molecule has 168 valence electrons. The van der Waals surface area contributed by atoms with E-state index in [1.54, 1.807) is 36.4 Å². The zero-order valence-corrected chi connectivity index (χ0v) is 19.6. The maximum Gasteiger partial charge on any atom is 0.266 e. The third-order valence-corrected chi connectivity index (χ3v) is 6.42. The smallest absolute Gasteiger partial charge is 0.266 e. The number of fused-ring (bicyclic) bond motifs is 1. The van der Waals surface area contributed by atoms with Crippen LogP contribution in [0.25, 0.3) is 16.6 Å². The summed E-state index contributed by atoms with van der Waals surface area (Å²) in [5.74, 6) is -0.562. The summed E-state index contributed by atoms with van der Waals surface area (Å²) in [5.41, 5.74) is 1.60. The van der Waals surface area contributed by atoms with Gasteiger partial charge in [-0.1, -0.05) is 53.2 Å². The van der Waals surface area contributed by atoms with Crippen molar-refractivity contribution in [3.8, 4) is 5.69 Å². The van der Waals surface area contributed by atoms with Crippen molar-refractivity contribution in [2.24, 2.45) is 0 Å². The maximum absolute atomic E-state index is 13.4. The number of benzene rings is 3. The van der Waals surface area contributed by atoms with Gasteiger partial charge >= 0.3 is 0 Å². The summed E-state index contributed by atoms with van der Waals surface area (Å²) >= 11 is 13.2. The molecule has 1 heterocycles. The Labute approximate surface area is 203 Å². The van der Waals surface area contributed by atoms with E-state index in [-0.39, 0.29) is 17.2 Å². The minimum absolute atomic E-state index is 0.0559. The number of aromatic nitrogens is 2. The highest BCUT2D eigenvalue weighted by Gasteiger charge is 2.15. The van der Waals surface area contributed by atoms with Gasteiger partial charge in [0, 0.05) is 16.6 Å². The van der Waals surface area contributed by atoms with Crippen LogP contribution in [0.4, 0.5) is 4.39 Å². The van der Waals surface area contributed by atoms with Gasteiger partial charge < -0.3 is 5.32 Å². The average Bonchev–Trinajstić information content (AvgIpc) is 2.80. The van der Waals surface area contributed by atoms with Gasteiger partial charge in [0.15, 0.2) is 5.16 Å². The molecule has 0 radical (unpaired) electrons. The van der Waals surface area contributed by atoms with Crippen LogP contribution in [0.5, 0.6) is 0 Å². The number of nitrogens with one attached hydrogen (secondary N) is 1. The number of nitrogens with zero attached hydrogens (tertiary/aromatic N) is 2. The van der Waals surface area contributed by atoms with Crippen molar-refractivity contribution in [3.63, 3.8) is 0 Å². The number of hydrogen-bond donors (Lipinski definition) is 1. The second-order valence-electron chi connectivity index (χ2n) is 7.15. The van der Waals surface area contributed by atoms with E-state index in [4.69, 9.17) is 23.2 Å². The molecule has 1 aromatic heterocycles. The normalized spacial score (nSPS) is 11.0. The zero-order chi connectivity index (χ0) is 23.4. The van der Waals surface area contributed by atoms with Crippen molar-refractivity contribution in [2.45, 2.75) is 11.6 Å². The molecule has 0 spiro atoms. The lowest BCUT2D eigenvalue weighted by molar-refractivity contribution is -0.118. The van der Waals surface area contributed by atoms with Crippen LogP contribution >= 0.6 is 35.0 Å². The van der Waals surface area contributed by atoms with Crippen molar-refractivity contribution in [1.29, 1.82) is 0 Å². The summed E-state index contributed by atoms with van der Waals surface area (Å²) in [4.78, 5) is 30.2. The molecule has 0 fully saturated rings. The van der Waals surface area contributed by atoms with E-state index in [1.807, 2.05) is 6.07 Å². The fourth-order valence-electron chi connectivity index (χ4n) is 3.27. The van der Waals surface area contributed by atoms with Gasteiger partial charge in [-0.15, -0.1) is 0 Å². The predicted molar refractivity (Wildman–Crippen MR) is 131 cm³/mol. The van der Waals surface area contributed by atoms with Crippen molar-refractivity contribution >= 4 is 51.8 Å². The molecule has 0 saturated heterocycles. The molecule has 0 bridgehead atoms. The molecule has 0 aliphatic heterocycles. The molecular weight excluding hydrogens is 484 g/mol. The number of rotatable bonds is 7. The number of carbonyl (C=O) groups is 1. The Balaban J connectivity index is 1.50. The summed E-state index contributed by atoms with van der Waals surface area (Å²) < 4.78 is 14.8. The van der Waals surface area contributed by atoms with Crippen molar-refractivity contribution < 1.29 is 9.18 Å². The van der Waals surface area contributed by atoms with Crippen LogP contribution in [0.1, 0.15) is 5.56 Å². The second-order valence-corrected chi connectivity index (χ2v) is 8.94. The Kier molecular flexibility index (Phi) is 7.33. The topological polar surface area (TPSA) is 64.0 Å². The van der Waals surface area contributed by atoms with Crippen molar-refractivity contribution in [2.75, 3.05) is 12.3 Å². The Bertz CT molecular complexity index is 1380. The van der Waals surface area contributed by atoms with Crippen LogP contribution in [-0.2, 0) is 11.2 Å². The minimum Gasteiger partial charge on any atom is -0.355 e. The van der Waals surface area contributed by atoms with Gasteiger partial charge in [-0.25, -0.2) is 9.37 Å². The molecule has 0 unspecified atom stereocenters. The van der Waals surface area contributed by atoms with E-state index >= 15 is 0 Å². The number of halogens is 3. The summed E-state index contributed by atoms with van der Waals surface area (Å²) in [6.45, 7) is 0.399.